The summed E-state index contributed by atoms with van der Waals surface area (Å²) in [6.45, 7) is 7.57. The monoisotopic (exact) mass is 535 g/mol. The lowest BCUT2D eigenvalue weighted by molar-refractivity contribution is 0.0527. The topological polar surface area (TPSA) is 113 Å². The molecule has 2 amide bonds. The second-order valence-corrected chi connectivity index (χ2v) is 7.19. The smallest absolute Gasteiger partial charge is 0.407 e. The molecule has 1 aromatic rings. The molecule has 0 fully saturated rings. The average molecular weight is 535 g/mol. The summed E-state index contributed by atoms with van der Waals surface area (Å²) in [6.07, 6.45) is 0.293. The minimum Gasteiger partial charge on any atom is -0.497 e. The number of aliphatic imine (C=N–C) groups is 1. The lowest BCUT2D eigenvalue weighted by atomic mass is 10.2. The van der Waals surface area contributed by atoms with Crippen molar-refractivity contribution in [3.8, 4) is 5.75 Å². The molecule has 0 spiro atoms. The van der Waals surface area contributed by atoms with Crippen LogP contribution in [0.5, 0.6) is 5.75 Å². The summed E-state index contributed by atoms with van der Waals surface area (Å²) in [7, 11) is 3.25. The van der Waals surface area contributed by atoms with E-state index in [4.69, 9.17) is 9.47 Å². The second kappa shape index (κ2) is 14.7. The first kappa shape index (κ1) is 27.8. The van der Waals surface area contributed by atoms with Gasteiger partial charge in [-0.2, -0.15) is 0 Å². The number of nitrogens with zero attached hydrogens (tertiary/aromatic N) is 1. The predicted octanol–water partition coefficient (Wildman–Crippen LogP) is 2.12. The molecule has 4 N–H and O–H groups in total. The van der Waals surface area contributed by atoms with E-state index in [1.807, 2.05) is 20.8 Å². The van der Waals surface area contributed by atoms with Gasteiger partial charge in [0.05, 0.1) is 7.11 Å². The number of carbonyl (C=O) groups excluding carboxylic acids is 2. The van der Waals surface area contributed by atoms with Crippen molar-refractivity contribution in [2.75, 3.05) is 40.3 Å². The van der Waals surface area contributed by atoms with Gasteiger partial charge in [-0.3, -0.25) is 9.79 Å². The third-order valence-corrected chi connectivity index (χ3v) is 3.59. The number of alkyl carbamates (subject to hydrolysis) is 1. The molecule has 10 heteroatoms. The van der Waals surface area contributed by atoms with Crippen LogP contribution in [0.4, 0.5) is 4.79 Å². The Morgan fingerprint density at radius 3 is 2.07 bits per heavy atom. The van der Waals surface area contributed by atoms with E-state index in [1.165, 1.54) is 0 Å². The zero-order valence-electron chi connectivity index (χ0n) is 18.3. The van der Waals surface area contributed by atoms with Crippen molar-refractivity contribution < 1.29 is 19.1 Å². The fourth-order valence-corrected chi connectivity index (χ4v) is 2.22. The number of benzene rings is 1. The summed E-state index contributed by atoms with van der Waals surface area (Å²) in [6, 6.07) is 6.92. The first-order valence-electron chi connectivity index (χ1n) is 9.59. The molecule has 0 saturated carbocycles. The summed E-state index contributed by atoms with van der Waals surface area (Å²) in [5.41, 5.74) is 0.0719. The van der Waals surface area contributed by atoms with Crippen LogP contribution < -0.4 is 26.0 Å². The number of rotatable bonds is 9. The van der Waals surface area contributed by atoms with Gasteiger partial charge < -0.3 is 30.7 Å². The molecule has 170 valence electrons. The second-order valence-electron chi connectivity index (χ2n) is 7.19. The molecule has 0 atom stereocenters. The molecule has 0 radical (unpaired) electrons. The third-order valence-electron chi connectivity index (χ3n) is 3.59. The van der Waals surface area contributed by atoms with E-state index < -0.39 is 11.7 Å². The van der Waals surface area contributed by atoms with Crippen molar-refractivity contribution in [2.24, 2.45) is 4.99 Å². The summed E-state index contributed by atoms with van der Waals surface area (Å²) < 4.78 is 10.2. The van der Waals surface area contributed by atoms with Crippen LogP contribution in [0.3, 0.4) is 0 Å². The SMILES string of the molecule is CN=C(NCCCNC(=O)OC(C)(C)C)NCCNC(=O)c1ccc(OC)cc1.I. The maximum Gasteiger partial charge on any atom is 0.407 e. The van der Waals surface area contributed by atoms with Crippen LogP contribution >= 0.6 is 24.0 Å². The van der Waals surface area contributed by atoms with Gasteiger partial charge in [0.2, 0.25) is 0 Å². The summed E-state index contributed by atoms with van der Waals surface area (Å²) >= 11 is 0. The Hall–Kier alpha value is -2.24. The molecule has 9 nitrogen and oxygen atoms in total. The number of nitrogens with one attached hydrogen (secondary N) is 4. The molecule has 30 heavy (non-hydrogen) atoms. The molecule has 0 aliphatic rings. The molecule has 1 rings (SSSR count). The van der Waals surface area contributed by atoms with Crippen LogP contribution in [0, 0.1) is 0 Å². The first-order chi connectivity index (χ1) is 13.7. The molecule has 0 bridgehead atoms. The van der Waals surface area contributed by atoms with Gasteiger partial charge in [0.25, 0.3) is 5.91 Å². The molecule has 0 heterocycles. The van der Waals surface area contributed by atoms with Crippen LogP contribution in [0.15, 0.2) is 29.3 Å². The van der Waals surface area contributed by atoms with Crippen molar-refractivity contribution in [2.45, 2.75) is 32.8 Å². The van der Waals surface area contributed by atoms with E-state index in [2.05, 4.69) is 26.3 Å². The van der Waals surface area contributed by atoms with Crippen LogP contribution in [0.25, 0.3) is 0 Å². The minimum atomic E-state index is -0.503. The van der Waals surface area contributed by atoms with E-state index in [-0.39, 0.29) is 29.9 Å². The van der Waals surface area contributed by atoms with E-state index in [1.54, 1.807) is 38.4 Å². The lowest BCUT2D eigenvalue weighted by Gasteiger charge is -2.19. The largest absolute Gasteiger partial charge is 0.497 e. The highest BCUT2D eigenvalue weighted by Gasteiger charge is 2.15. The van der Waals surface area contributed by atoms with Crippen LogP contribution in [0.2, 0.25) is 0 Å². The number of hydrogen-bond donors (Lipinski definition) is 4. The van der Waals surface area contributed by atoms with E-state index in [9.17, 15) is 9.59 Å². The van der Waals surface area contributed by atoms with Crippen LogP contribution in [-0.4, -0.2) is 63.9 Å². The van der Waals surface area contributed by atoms with Gasteiger partial charge in [-0.1, -0.05) is 0 Å². The molecular weight excluding hydrogens is 501 g/mol. The fraction of sp³-hybridized carbons (Fsp3) is 0.550. The van der Waals surface area contributed by atoms with E-state index >= 15 is 0 Å². The Bertz CT molecular complexity index is 675. The van der Waals surface area contributed by atoms with Gasteiger partial charge >= 0.3 is 6.09 Å². The number of amides is 2. The van der Waals surface area contributed by atoms with E-state index in [0.717, 1.165) is 0 Å². The molecule has 1 aromatic carbocycles. The Balaban J connectivity index is 0.00000841. The molecular formula is C20H34IN5O4. The number of hydrogen-bond acceptors (Lipinski definition) is 5. The zero-order valence-corrected chi connectivity index (χ0v) is 20.7. The molecule has 0 aliphatic heterocycles. The van der Waals surface area contributed by atoms with Crippen molar-refractivity contribution in [3.63, 3.8) is 0 Å². The van der Waals surface area contributed by atoms with Gasteiger partial charge in [-0.15, -0.1) is 24.0 Å². The number of methoxy groups -OCH3 is 1. The van der Waals surface area contributed by atoms with Gasteiger partial charge in [0.1, 0.15) is 11.4 Å². The third kappa shape index (κ3) is 12.3. The Morgan fingerprint density at radius 1 is 0.933 bits per heavy atom. The summed E-state index contributed by atoms with van der Waals surface area (Å²) in [4.78, 5) is 27.7. The highest BCUT2D eigenvalue weighted by atomic mass is 127. The number of guanidine groups is 1. The quantitative estimate of drug-likeness (QED) is 0.167. The van der Waals surface area contributed by atoms with Crippen LogP contribution in [0.1, 0.15) is 37.6 Å². The Morgan fingerprint density at radius 2 is 1.50 bits per heavy atom. The van der Waals surface area contributed by atoms with Gasteiger partial charge in [-0.25, -0.2) is 4.79 Å². The maximum atomic E-state index is 12.1. The van der Waals surface area contributed by atoms with Crippen molar-refractivity contribution in [1.29, 1.82) is 0 Å². The van der Waals surface area contributed by atoms with Crippen molar-refractivity contribution >= 4 is 41.9 Å². The van der Waals surface area contributed by atoms with Gasteiger partial charge in [0.15, 0.2) is 5.96 Å². The molecule has 0 aliphatic carbocycles. The molecule has 0 aromatic heterocycles. The normalized spacial score (nSPS) is 11.0. The van der Waals surface area contributed by atoms with Crippen molar-refractivity contribution in [3.05, 3.63) is 29.8 Å². The minimum absolute atomic E-state index is 0. The molecule has 0 saturated heterocycles. The highest BCUT2D eigenvalue weighted by molar-refractivity contribution is 14.0. The zero-order chi connectivity index (χ0) is 21.7. The summed E-state index contributed by atoms with van der Waals surface area (Å²) in [5.74, 6) is 1.19. The Kier molecular flexibility index (Phi) is 13.6. The van der Waals surface area contributed by atoms with Gasteiger partial charge in [-0.05, 0) is 51.5 Å². The number of halogens is 1. The standard InChI is InChI=1S/C20H33N5O4.HI/c1-20(2,3)29-19(27)25-12-6-11-23-18(21-4)24-14-13-22-17(26)15-7-9-16(28-5)10-8-15;/h7-10H,6,11-14H2,1-5H3,(H,22,26)(H,25,27)(H2,21,23,24);1H. The highest BCUT2D eigenvalue weighted by Crippen LogP contribution is 2.10. The van der Waals surface area contributed by atoms with E-state index in [0.29, 0.717) is 49.9 Å². The van der Waals surface area contributed by atoms with Crippen LogP contribution in [-0.2, 0) is 4.74 Å². The maximum absolute atomic E-state index is 12.1. The number of carbonyl (C=O) groups is 2. The molecule has 0 unspecified atom stereocenters. The fourth-order valence-electron chi connectivity index (χ4n) is 2.22. The van der Waals surface area contributed by atoms with Crippen molar-refractivity contribution in [1.82, 2.24) is 21.3 Å². The summed E-state index contributed by atoms with van der Waals surface area (Å²) in [5, 5.41) is 11.8. The van der Waals surface area contributed by atoms with Gasteiger partial charge in [0, 0.05) is 38.8 Å². The average Bonchev–Trinajstić information content (AvgIpc) is 2.67. The predicted molar refractivity (Wildman–Crippen MR) is 129 cm³/mol. The first-order valence-corrected chi connectivity index (χ1v) is 9.59. The number of ether oxygens (including phenoxy) is 2. The lowest BCUT2D eigenvalue weighted by Crippen LogP contribution is -2.42. The Labute approximate surface area is 195 Å².